The molecule has 2 heterocycles. The van der Waals surface area contributed by atoms with E-state index in [4.69, 9.17) is 9.97 Å². The Kier molecular flexibility index (Phi) is 9.17. The SMILES string of the molecule is CC(C)c1ccc(N(c2ccc3ncccc3c2)c2c3ccccc3c(N(c3ccc(C(C)C)cc3)c3ccc4ncccc4c3)c3cc4c(cc23)-c2ccccc2C4(C)C)cc1. The lowest BCUT2D eigenvalue weighted by Crippen LogP contribution is -2.17. The first-order valence-electron chi connectivity index (χ1n) is 22.3. The summed E-state index contributed by atoms with van der Waals surface area (Å²) in [6.07, 6.45) is 3.75. The van der Waals surface area contributed by atoms with E-state index >= 15 is 0 Å². The molecule has 0 saturated carbocycles. The summed E-state index contributed by atoms with van der Waals surface area (Å²) >= 11 is 0. The van der Waals surface area contributed by atoms with Crippen LogP contribution in [0.15, 0.2) is 182 Å². The van der Waals surface area contributed by atoms with Gasteiger partial charge in [0.1, 0.15) is 0 Å². The average molecular weight is 815 g/mol. The van der Waals surface area contributed by atoms with Crippen molar-refractivity contribution in [2.45, 2.75) is 58.8 Å². The first kappa shape index (κ1) is 38.6. The van der Waals surface area contributed by atoms with Crippen molar-refractivity contribution >= 4 is 77.5 Å². The molecule has 0 bridgehead atoms. The Morgan fingerprint density at radius 2 is 0.857 bits per heavy atom. The molecule has 4 nitrogen and oxygen atoms in total. The average Bonchev–Trinajstić information content (AvgIpc) is 3.54. The van der Waals surface area contributed by atoms with Gasteiger partial charge in [0.25, 0.3) is 0 Å². The lowest BCUT2D eigenvalue weighted by atomic mass is 9.81. The van der Waals surface area contributed by atoms with Crippen LogP contribution >= 0.6 is 0 Å². The molecule has 1 aliphatic carbocycles. The number of benzene rings is 8. The highest BCUT2D eigenvalue weighted by atomic mass is 15.2. The fourth-order valence-electron chi connectivity index (χ4n) is 10.0. The van der Waals surface area contributed by atoms with Gasteiger partial charge in [0, 0.05) is 72.9 Å². The zero-order valence-corrected chi connectivity index (χ0v) is 36.8. The molecular formula is C59H50N4. The molecule has 10 aromatic rings. The summed E-state index contributed by atoms with van der Waals surface area (Å²) in [6.45, 7) is 13.8. The first-order valence-corrected chi connectivity index (χ1v) is 22.3. The van der Waals surface area contributed by atoms with Gasteiger partial charge in [0.05, 0.1) is 22.4 Å². The highest BCUT2D eigenvalue weighted by Crippen LogP contribution is 2.56. The molecule has 4 heteroatoms. The highest BCUT2D eigenvalue weighted by molar-refractivity contribution is 6.24. The Labute approximate surface area is 370 Å². The van der Waals surface area contributed by atoms with E-state index in [0.717, 1.165) is 61.3 Å². The smallest absolute Gasteiger partial charge is 0.0703 e. The van der Waals surface area contributed by atoms with Crippen LogP contribution in [-0.2, 0) is 5.41 Å². The molecule has 0 aliphatic heterocycles. The summed E-state index contributed by atoms with van der Waals surface area (Å²) in [5.41, 5.74) is 16.3. The lowest BCUT2D eigenvalue weighted by molar-refractivity contribution is 0.661. The minimum atomic E-state index is -0.209. The van der Waals surface area contributed by atoms with E-state index < -0.39 is 0 Å². The van der Waals surface area contributed by atoms with Crippen molar-refractivity contribution < 1.29 is 0 Å². The Balaban J connectivity index is 1.30. The minimum absolute atomic E-state index is 0.209. The molecule has 0 fully saturated rings. The predicted octanol–water partition coefficient (Wildman–Crippen LogP) is 16.6. The predicted molar refractivity (Wildman–Crippen MR) is 267 cm³/mol. The molecule has 0 unspecified atom stereocenters. The number of rotatable bonds is 8. The number of anilines is 6. The van der Waals surface area contributed by atoms with Crippen LogP contribution in [0.2, 0.25) is 0 Å². The van der Waals surface area contributed by atoms with Gasteiger partial charge in [-0.25, -0.2) is 0 Å². The molecule has 8 aromatic carbocycles. The maximum Gasteiger partial charge on any atom is 0.0703 e. The van der Waals surface area contributed by atoms with Gasteiger partial charge in [0.15, 0.2) is 0 Å². The van der Waals surface area contributed by atoms with Crippen LogP contribution in [0.4, 0.5) is 34.1 Å². The second kappa shape index (κ2) is 15.0. The van der Waals surface area contributed by atoms with Crippen molar-refractivity contribution in [2.75, 3.05) is 9.80 Å². The second-order valence-corrected chi connectivity index (χ2v) is 18.3. The van der Waals surface area contributed by atoms with Gasteiger partial charge in [-0.1, -0.05) is 126 Å². The van der Waals surface area contributed by atoms with E-state index in [2.05, 4.69) is 209 Å². The van der Waals surface area contributed by atoms with Crippen LogP contribution in [0.5, 0.6) is 0 Å². The van der Waals surface area contributed by atoms with Gasteiger partial charge in [-0.15, -0.1) is 0 Å². The van der Waals surface area contributed by atoms with Gasteiger partial charge in [-0.3, -0.25) is 9.97 Å². The molecule has 0 spiro atoms. The summed E-state index contributed by atoms with van der Waals surface area (Å²) in [6, 6.07) is 63.2. The summed E-state index contributed by atoms with van der Waals surface area (Å²) in [5.74, 6) is 0.829. The summed E-state index contributed by atoms with van der Waals surface area (Å²) in [4.78, 5) is 14.4. The molecule has 1 aliphatic rings. The van der Waals surface area contributed by atoms with Crippen molar-refractivity contribution in [1.82, 2.24) is 9.97 Å². The van der Waals surface area contributed by atoms with Crippen molar-refractivity contribution in [3.63, 3.8) is 0 Å². The lowest BCUT2D eigenvalue weighted by Gasteiger charge is -2.34. The molecule has 306 valence electrons. The third kappa shape index (κ3) is 6.35. The van der Waals surface area contributed by atoms with Crippen LogP contribution in [0.25, 0.3) is 54.5 Å². The van der Waals surface area contributed by atoms with Gasteiger partial charge < -0.3 is 9.80 Å². The number of hydrogen-bond donors (Lipinski definition) is 0. The van der Waals surface area contributed by atoms with Crippen molar-refractivity contribution in [2.24, 2.45) is 0 Å². The fourth-order valence-corrected chi connectivity index (χ4v) is 10.0. The van der Waals surface area contributed by atoms with Crippen LogP contribution in [0.1, 0.15) is 75.6 Å². The third-order valence-electron chi connectivity index (χ3n) is 13.4. The number of nitrogens with zero attached hydrogens (tertiary/aromatic N) is 4. The van der Waals surface area contributed by atoms with Gasteiger partial charge >= 0.3 is 0 Å². The van der Waals surface area contributed by atoms with Crippen molar-refractivity contribution in [3.05, 3.63) is 205 Å². The van der Waals surface area contributed by atoms with E-state index in [1.165, 1.54) is 49.5 Å². The summed E-state index contributed by atoms with van der Waals surface area (Å²) in [5, 5.41) is 6.90. The molecule has 0 saturated heterocycles. The summed E-state index contributed by atoms with van der Waals surface area (Å²) in [7, 11) is 0. The molecular weight excluding hydrogens is 765 g/mol. The largest absolute Gasteiger partial charge is 0.309 e. The Morgan fingerprint density at radius 3 is 1.37 bits per heavy atom. The van der Waals surface area contributed by atoms with Gasteiger partial charge in [-0.05, 0) is 130 Å². The van der Waals surface area contributed by atoms with E-state index in [-0.39, 0.29) is 5.41 Å². The quantitative estimate of drug-likeness (QED) is 0.113. The molecule has 63 heavy (non-hydrogen) atoms. The van der Waals surface area contributed by atoms with E-state index in [0.29, 0.717) is 11.8 Å². The Bertz CT molecular complexity index is 3380. The molecule has 0 N–H and O–H groups in total. The number of fused-ring (bicyclic) bond motifs is 7. The topological polar surface area (TPSA) is 32.3 Å². The maximum atomic E-state index is 4.73. The standard InChI is InChI=1S/C59H50N4/c1-37(2)39-19-23-43(24-20-39)62(45-27-29-55-41(33-45)13-11-31-60-55)57-48-16-7-8-17-49(48)58(52-36-54-50(35-51(52)57)47-15-9-10-18-53(47)59(54,5)6)63(44-25-21-40(22-26-44)38(3)4)46-28-30-56-42(34-46)14-12-32-61-56/h7-38H,1-6H3. The zero-order valence-electron chi connectivity index (χ0n) is 36.8. The third-order valence-corrected chi connectivity index (χ3v) is 13.4. The maximum absolute atomic E-state index is 4.73. The van der Waals surface area contributed by atoms with Crippen LogP contribution < -0.4 is 9.80 Å². The van der Waals surface area contributed by atoms with Crippen LogP contribution in [0.3, 0.4) is 0 Å². The van der Waals surface area contributed by atoms with Crippen molar-refractivity contribution in [1.29, 1.82) is 0 Å². The number of hydrogen-bond acceptors (Lipinski definition) is 4. The van der Waals surface area contributed by atoms with E-state index in [1.807, 2.05) is 24.5 Å². The van der Waals surface area contributed by atoms with Gasteiger partial charge in [-0.2, -0.15) is 0 Å². The zero-order chi connectivity index (χ0) is 43.0. The van der Waals surface area contributed by atoms with Crippen LogP contribution in [-0.4, -0.2) is 9.97 Å². The fraction of sp³-hybridized carbons (Fsp3) is 0.153. The van der Waals surface area contributed by atoms with Crippen LogP contribution in [0, 0.1) is 0 Å². The molecule has 0 atom stereocenters. The molecule has 11 rings (SSSR count). The number of aromatic nitrogens is 2. The van der Waals surface area contributed by atoms with E-state index in [9.17, 15) is 0 Å². The normalized spacial score (nSPS) is 13.0. The minimum Gasteiger partial charge on any atom is -0.309 e. The van der Waals surface area contributed by atoms with E-state index in [1.54, 1.807) is 0 Å². The van der Waals surface area contributed by atoms with Gasteiger partial charge in [0.2, 0.25) is 0 Å². The summed E-state index contributed by atoms with van der Waals surface area (Å²) < 4.78 is 0. The Morgan fingerprint density at radius 1 is 0.397 bits per heavy atom. The Hall–Kier alpha value is -7.30. The number of pyridine rings is 2. The molecule has 0 radical (unpaired) electrons. The molecule has 0 amide bonds. The second-order valence-electron chi connectivity index (χ2n) is 18.3. The molecule has 2 aromatic heterocycles. The monoisotopic (exact) mass is 814 g/mol. The first-order chi connectivity index (χ1) is 30.7. The highest BCUT2D eigenvalue weighted by Gasteiger charge is 2.37. The van der Waals surface area contributed by atoms with Crippen molar-refractivity contribution in [3.8, 4) is 11.1 Å².